The maximum atomic E-state index is 11.7. The molecule has 0 bridgehead atoms. The molecule has 1 aromatic rings. The molecular weight excluding hydrogens is 246 g/mol. The van der Waals surface area contributed by atoms with Crippen molar-refractivity contribution in [1.29, 1.82) is 0 Å². The number of anilines is 1. The molecule has 0 radical (unpaired) electrons. The van der Waals surface area contributed by atoms with E-state index in [2.05, 4.69) is 10.3 Å². The van der Waals surface area contributed by atoms with Crippen LogP contribution in [0.2, 0.25) is 0 Å². The quantitative estimate of drug-likeness (QED) is 0.648. The molecule has 0 aliphatic rings. The lowest BCUT2D eigenvalue weighted by Gasteiger charge is -2.09. The predicted octanol–water partition coefficient (Wildman–Crippen LogP) is 0.899. The topological polar surface area (TPSA) is 108 Å². The van der Waals surface area contributed by atoms with Crippen LogP contribution in [0.3, 0.4) is 0 Å². The Bertz CT molecular complexity index is 561. The predicted molar refractivity (Wildman–Crippen MR) is 74.8 cm³/mol. The number of amides is 1. The van der Waals surface area contributed by atoms with Crippen LogP contribution in [0.15, 0.2) is 10.9 Å². The normalized spacial score (nSPS) is 12.6. The molecular formula is C13H19N3O3. The summed E-state index contributed by atoms with van der Waals surface area (Å²) in [5.41, 5.74) is 5.70. The van der Waals surface area contributed by atoms with Crippen molar-refractivity contribution in [2.75, 3.05) is 5.73 Å². The number of H-pyrrole nitrogens is 1. The van der Waals surface area contributed by atoms with Crippen LogP contribution >= 0.6 is 0 Å². The Morgan fingerprint density at radius 3 is 2.79 bits per heavy atom. The van der Waals surface area contributed by atoms with E-state index < -0.39 is 5.56 Å². The number of hydrogen-bond acceptors (Lipinski definition) is 4. The van der Waals surface area contributed by atoms with Gasteiger partial charge in [-0.2, -0.15) is 0 Å². The van der Waals surface area contributed by atoms with Crippen LogP contribution in [0.1, 0.15) is 31.4 Å². The van der Waals surface area contributed by atoms with Gasteiger partial charge in [0.05, 0.1) is 5.56 Å². The van der Waals surface area contributed by atoms with Gasteiger partial charge >= 0.3 is 0 Å². The first-order valence-corrected chi connectivity index (χ1v) is 5.98. The fourth-order valence-electron chi connectivity index (χ4n) is 1.67. The Morgan fingerprint density at radius 2 is 2.21 bits per heavy atom. The number of hydrogen-bond donors (Lipinski definition) is 4. The van der Waals surface area contributed by atoms with Crippen LogP contribution in [0.5, 0.6) is 5.75 Å². The molecule has 104 valence electrons. The van der Waals surface area contributed by atoms with Crippen molar-refractivity contribution in [3.63, 3.8) is 0 Å². The zero-order valence-electron chi connectivity index (χ0n) is 11.3. The van der Waals surface area contributed by atoms with Gasteiger partial charge in [-0.3, -0.25) is 9.59 Å². The van der Waals surface area contributed by atoms with Gasteiger partial charge in [-0.05, 0) is 26.3 Å². The molecule has 1 heterocycles. The molecule has 0 saturated heterocycles. The number of nitrogens with one attached hydrogen (secondary N) is 2. The van der Waals surface area contributed by atoms with Gasteiger partial charge in [0.1, 0.15) is 11.6 Å². The van der Waals surface area contributed by atoms with E-state index in [1.54, 1.807) is 13.0 Å². The summed E-state index contributed by atoms with van der Waals surface area (Å²) in [4.78, 5) is 24.9. The first-order chi connectivity index (χ1) is 8.82. The van der Waals surface area contributed by atoms with Gasteiger partial charge in [0.2, 0.25) is 5.91 Å². The minimum Gasteiger partial charge on any atom is -0.507 e. The number of rotatable bonds is 4. The molecule has 6 heteroatoms. The molecule has 6 nitrogen and oxygen atoms in total. The Hall–Kier alpha value is -2.24. The van der Waals surface area contributed by atoms with Crippen molar-refractivity contribution < 1.29 is 9.90 Å². The Kier molecular flexibility index (Phi) is 4.74. The maximum Gasteiger partial charge on any atom is 0.260 e. The Labute approximate surface area is 111 Å². The van der Waals surface area contributed by atoms with E-state index in [0.717, 1.165) is 0 Å². The van der Waals surface area contributed by atoms with E-state index >= 15 is 0 Å². The van der Waals surface area contributed by atoms with Gasteiger partial charge in [-0.15, -0.1) is 0 Å². The van der Waals surface area contributed by atoms with E-state index in [4.69, 9.17) is 5.73 Å². The highest BCUT2D eigenvalue weighted by atomic mass is 16.3. The van der Waals surface area contributed by atoms with Crippen molar-refractivity contribution in [2.24, 2.45) is 0 Å². The number of aromatic hydroxyl groups is 1. The molecule has 1 unspecified atom stereocenters. The fraction of sp³-hybridized carbons (Fsp3) is 0.385. The van der Waals surface area contributed by atoms with E-state index in [1.165, 1.54) is 13.0 Å². The van der Waals surface area contributed by atoms with E-state index in [-0.39, 0.29) is 29.1 Å². The number of carbonyl (C=O) groups excluding carboxylic acids is 1. The van der Waals surface area contributed by atoms with Crippen molar-refractivity contribution in [2.45, 2.75) is 33.2 Å². The van der Waals surface area contributed by atoms with Crippen LogP contribution in [0.4, 0.5) is 5.82 Å². The molecule has 0 aliphatic carbocycles. The van der Waals surface area contributed by atoms with E-state index in [0.29, 0.717) is 12.0 Å². The van der Waals surface area contributed by atoms with Crippen molar-refractivity contribution >= 4 is 17.8 Å². The fourth-order valence-corrected chi connectivity index (χ4v) is 1.67. The monoisotopic (exact) mass is 265 g/mol. The second kappa shape index (κ2) is 6.08. The number of nitrogens with two attached hydrogens (primary N) is 1. The third-order valence-corrected chi connectivity index (χ3v) is 2.73. The average Bonchev–Trinajstić information content (AvgIpc) is 2.30. The maximum absolute atomic E-state index is 11.7. The van der Waals surface area contributed by atoms with Crippen LogP contribution in [0.25, 0.3) is 6.08 Å². The number of pyridine rings is 1. The zero-order valence-corrected chi connectivity index (χ0v) is 11.3. The number of nitrogen functional groups attached to an aromatic ring is 1. The first kappa shape index (κ1) is 14.8. The molecule has 1 aromatic heterocycles. The van der Waals surface area contributed by atoms with Crippen molar-refractivity contribution in [3.05, 3.63) is 27.6 Å². The van der Waals surface area contributed by atoms with Crippen molar-refractivity contribution in [1.82, 2.24) is 10.3 Å². The number of aromatic amines is 1. The highest BCUT2D eigenvalue weighted by Crippen LogP contribution is 2.23. The molecule has 1 rings (SSSR count). The van der Waals surface area contributed by atoms with E-state index in [9.17, 15) is 14.7 Å². The summed E-state index contributed by atoms with van der Waals surface area (Å²) in [6.45, 7) is 4.92. The van der Waals surface area contributed by atoms with Gasteiger partial charge in [-0.1, -0.05) is 6.08 Å². The van der Waals surface area contributed by atoms with Crippen molar-refractivity contribution in [3.8, 4) is 5.75 Å². The number of aromatic nitrogens is 1. The Morgan fingerprint density at radius 1 is 1.58 bits per heavy atom. The zero-order chi connectivity index (χ0) is 14.6. The lowest BCUT2D eigenvalue weighted by Crippen LogP contribution is -2.29. The standard InChI is InChI=1S/C13H19N3O3/c1-7(15-9(3)17)5-4-6-10-11(18)8(2)12(14)16-13(10)19/h4,6-7H,5H2,1-3H3,(H,15,17)(H4,14,16,18,19)/b6-4+. The SMILES string of the molecule is CC(=O)NC(C)C/C=C/c1c(O)c(C)c(N)[nH]c1=O. The highest BCUT2D eigenvalue weighted by Gasteiger charge is 2.10. The minimum absolute atomic E-state index is 0.0372. The summed E-state index contributed by atoms with van der Waals surface area (Å²) in [7, 11) is 0. The smallest absolute Gasteiger partial charge is 0.260 e. The molecule has 0 fully saturated rings. The molecule has 0 spiro atoms. The summed E-state index contributed by atoms with van der Waals surface area (Å²) in [6, 6.07) is -0.0372. The van der Waals surface area contributed by atoms with Gasteiger partial charge in [0.25, 0.3) is 5.56 Å². The summed E-state index contributed by atoms with van der Waals surface area (Å²) in [5, 5.41) is 12.6. The van der Waals surface area contributed by atoms with Crippen LogP contribution < -0.4 is 16.6 Å². The minimum atomic E-state index is -0.441. The van der Waals surface area contributed by atoms with Gasteiger partial charge in [0, 0.05) is 18.5 Å². The number of carbonyl (C=O) groups is 1. The molecule has 19 heavy (non-hydrogen) atoms. The van der Waals surface area contributed by atoms with Gasteiger partial charge in [0.15, 0.2) is 0 Å². The first-order valence-electron chi connectivity index (χ1n) is 5.98. The summed E-state index contributed by atoms with van der Waals surface area (Å²) < 4.78 is 0. The molecule has 1 amide bonds. The lowest BCUT2D eigenvalue weighted by atomic mass is 10.1. The van der Waals surface area contributed by atoms with Gasteiger partial charge < -0.3 is 21.1 Å². The van der Waals surface area contributed by atoms with Crippen LogP contribution in [-0.4, -0.2) is 22.0 Å². The largest absolute Gasteiger partial charge is 0.507 e. The summed E-state index contributed by atoms with van der Waals surface area (Å²) in [5.74, 6) is -0.0686. The lowest BCUT2D eigenvalue weighted by molar-refractivity contribution is -0.119. The third kappa shape index (κ3) is 3.87. The molecule has 0 saturated carbocycles. The second-order valence-electron chi connectivity index (χ2n) is 4.49. The van der Waals surface area contributed by atoms with Crippen LogP contribution in [-0.2, 0) is 4.79 Å². The van der Waals surface area contributed by atoms with Crippen LogP contribution in [0, 0.1) is 6.92 Å². The molecule has 1 atom stereocenters. The highest BCUT2D eigenvalue weighted by molar-refractivity contribution is 5.73. The summed E-state index contributed by atoms with van der Waals surface area (Å²) >= 11 is 0. The molecule has 0 aliphatic heterocycles. The summed E-state index contributed by atoms with van der Waals surface area (Å²) in [6.07, 6.45) is 3.81. The van der Waals surface area contributed by atoms with Gasteiger partial charge in [-0.25, -0.2) is 0 Å². The molecule has 5 N–H and O–H groups in total. The second-order valence-corrected chi connectivity index (χ2v) is 4.49. The average molecular weight is 265 g/mol. The third-order valence-electron chi connectivity index (χ3n) is 2.73. The Balaban J connectivity index is 2.86. The molecule has 0 aromatic carbocycles. The van der Waals surface area contributed by atoms with E-state index in [1.807, 2.05) is 6.92 Å².